The fraction of sp³-hybridized carbons (Fsp3) is 0.786. The summed E-state index contributed by atoms with van der Waals surface area (Å²) in [5.41, 5.74) is 0. The zero-order chi connectivity index (χ0) is 15.8. The number of carboxylic acid groups (broad SMARTS) is 1. The van der Waals surface area contributed by atoms with Gasteiger partial charge in [0, 0.05) is 19.6 Å². The maximum absolute atomic E-state index is 11.7. The van der Waals surface area contributed by atoms with E-state index in [9.17, 15) is 14.4 Å². The number of carboxylic acids is 1. The van der Waals surface area contributed by atoms with Gasteiger partial charge in [0.1, 0.15) is 0 Å². The lowest BCUT2D eigenvalue weighted by molar-refractivity contribution is -0.142. The smallest absolute Gasteiger partial charge is 0.315 e. The Bertz CT molecular complexity index is 382. The second kappa shape index (κ2) is 8.49. The Morgan fingerprint density at radius 3 is 2.38 bits per heavy atom. The van der Waals surface area contributed by atoms with Crippen LogP contribution in [0.5, 0.6) is 0 Å². The van der Waals surface area contributed by atoms with E-state index in [0.29, 0.717) is 26.1 Å². The molecule has 1 saturated carbocycles. The molecule has 21 heavy (non-hydrogen) atoms. The third kappa shape index (κ3) is 5.24. The number of urea groups is 1. The quantitative estimate of drug-likeness (QED) is 0.643. The van der Waals surface area contributed by atoms with Crippen LogP contribution in [0.1, 0.15) is 33.1 Å². The van der Waals surface area contributed by atoms with E-state index in [1.165, 1.54) is 0 Å². The zero-order valence-corrected chi connectivity index (χ0v) is 12.7. The summed E-state index contributed by atoms with van der Waals surface area (Å²) in [6.45, 7) is 5.28. The fourth-order valence-corrected chi connectivity index (χ4v) is 2.74. The lowest BCUT2D eigenvalue weighted by atomic mass is 9.96. The molecule has 1 aliphatic carbocycles. The van der Waals surface area contributed by atoms with E-state index in [1.807, 2.05) is 13.8 Å². The van der Waals surface area contributed by atoms with Gasteiger partial charge in [-0.15, -0.1) is 0 Å². The van der Waals surface area contributed by atoms with Crippen LogP contribution in [0.2, 0.25) is 0 Å². The predicted octanol–water partition coefficient (Wildman–Crippen LogP) is 0.655. The van der Waals surface area contributed by atoms with E-state index in [4.69, 9.17) is 5.11 Å². The van der Waals surface area contributed by atoms with Gasteiger partial charge in [0.25, 0.3) is 0 Å². The van der Waals surface area contributed by atoms with E-state index in [-0.39, 0.29) is 24.3 Å². The van der Waals surface area contributed by atoms with Gasteiger partial charge in [0.2, 0.25) is 5.91 Å². The Morgan fingerprint density at radius 1 is 1.14 bits per heavy atom. The molecule has 0 aliphatic heterocycles. The van der Waals surface area contributed by atoms with Crippen LogP contribution < -0.4 is 10.6 Å². The summed E-state index contributed by atoms with van der Waals surface area (Å²) >= 11 is 0. The van der Waals surface area contributed by atoms with E-state index in [2.05, 4.69) is 10.6 Å². The van der Waals surface area contributed by atoms with E-state index in [1.54, 1.807) is 4.90 Å². The third-order valence-electron chi connectivity index (χ3n) is 4.02. The second-order valence-electron chi connectivity index (χ2n) is 5.27. The van der Waals surface area contributed by atoms with E-state index in [0.717, 1.165) is 12.8 Å². The molecule has 0 aromatic carbocycles. The van der Waals surface area contributed by atoms with Gasteiger partial charge in [0.15, 0.2) is 0 Å². The number of amides is 3. The molecule has 7 nitrogen and oxygen atoms in total. The van der Waals surface area contributed by atoms with Crippen molar-refractivity contribution in [3.8, 4) is 0 Å². The number of likely N-dealkylation sites (N-methyl/N-ethyl adjacent to an activating group) is 1. The first-order valence-corrected chi connectivity index (χ1v) is 7.51. The largest absolute Gasteiger partial charge is 0.481 e. The molecule has 0 spiro atoms. The lowest BCUT2D eigenvalue weighted by Crippen LogP contribution is -2.45. The summed E-state index contributed by atoms with van der Waals surface area (Å²) in [6.07, 6.45) is 2.37. The highest BCUT2D eigenvalue weighted by molar-refractivity contribution is 5.84. The highest BCUT2D eigenvalue weighted by Crippen LogP contribution is 2.31. The average Bonchev–Trinajstić information content (AvgIpc) is 2.92. The summed E-state index contributed by atoms with van der Waals surface area (Å²) < 4.78 is 0. The van der Waals surface area contributed by atoms with Crippen molar-refractivity contribution in [2.24, 2.45) is 11.8 Å². The van der Waals surface area contributed by atoms with Gasteiger partial charge in [-0.1, -0.05) is 6.42 Å². The summed E-state index contributed by atoms with van der Waals surface area (Å²) in [6, 6.07) is -0.424. The molecule has 0 radical (unpaired) electrons. The Morgan fingerprint density at radius 2 is 1.81 bits per heavy atom. The van der Waals surface area contributed by atoms with Gasteiger partial charge in [0.05, 0.1) is 12.5 Å². The highest BCUT2D eigenvalue weighted by atomic mass is 16.4. The maximum atomic E-state index is 11.7. The Balaban J connectivity index is 2.28. The number of hydrogen-bond acceptors (Lipinski definition) is 3. The van der Waals surface area contributed by atoms with Gasteiger partial charge >= 0.3 is 12.0 Å². The van der Waals surface area contributed by atoms with Crippen molar-refractivity contribution in [2.45, 2.75) is 33.1 Å². The van der Waals surface area contributed by atoms with Crippen LogP contribution in [0.15, 0.2) is 0 Å². The van der Waals surface area contributed by atoms with Crippen molar-refractivity contribution in [3.05, 3.63) is 0 Å². The first kappa shape index (κ1) is 17.3. The van der Waals surface area contributed by atoms with Gasteiger partial charge < -0.3 is 20.6 Å². The highest BCUT2D eigenvalue weighted by Gasteiger charge is 2.32. The first-order chi connectivity index (χ1) is 9.99. The molecule has 0 saturated heterocycles. The number of rotatable bonds is 7. The molecule has 2 unspecified atom stereocenters. The molecule has 1 aliphatic rings. The molecule has 1 rings (SSSR count). The van der Waals surface area contributed by atoms with Crippen molar-refractivity contribution in [1.82, 2.24) is 15.5 Å². The number of hydrogen-bond donors (Lipinski definition) is 3. The second-order valence-corrected chi connectivity index (χ2v) is 5.27. The lowest BCUT2D eigenvalue weighted by Gasteiger charge is -2.19. The number of carbonyl (C=O) groups is 3. The molecule has 0 aromatic heterocycles. The van der Waals surface area contributed by atoms with Crippen molar-refractivity contribution >= 4 is 17.9 Å². The van der Waals surface area contributed by atoms with Crippen molar-refractivity contribution in [2.75, 3.05) is 26.2 Å². The monoisotopic (exact) mass is 299 g/mol. The number of aliphatic carboxylic acids is 1. The normalized spacial score (nSPS) is 20.9. The SMILES string of the molecule is CCN(CC)C(=O)CNC(=O)NCC1CCCC1C(=O)O. The minimum absolute atomic E-state index is 0.0215. The van der Waals surface area contributed by atoms with Crippen LogP contribution in [0.3, 0.4) is 0 Å². The third-order valence-corrected chi connectivity index (χ3v) is 4.02. The molecule has 3 amide bonds. The zero-order valence-electron chi connectivity index (χ0n) is 12.7. The number of nitrogens with one attached hydrogen (secondary N) is 2. The molecule has 0 heterocycles. The number of nitrogens with zero attached hydrogens (tertiary/aromatic N) is 1. The van der Waals surface area contributed by atoms with Gasteiger partial charge in [-0.25, -0.2) is 4.79 Å². The summed E-state index contributed by atoms with van der Waals surface area (Å²) in [5, 5.41) is 14.2. The van der Waals surface area contributed by atoms with Crippen LogP contribution in [0.25, 0.3) is 0 Å². The standard InChI is InChI=1S/C14H25N3O4/c1-3-17(4-2)12(18)9-16-14(21)15-8-10-6-5-7-11(10)13(19)20/h10-11H,3-9H2,1-2H3,(H,19,20)(H2,15,16,21). The van der Waals surface area contributed by atoms with Gasteiger partial charge in [-0.3, -0.25) is 9.59 Å². The van der Waals surface area contributed by atoms with E-state index >= 15 is 0 Å². The summed E-state index contributed by atoms with van der Waals surface area (Å²) in [5.74, 6) is -1.31. The van der Waals surface area contributed by atoms with Crippen LogP contribution in [0.4, 0.5) is 4.79 Å². The van der Waals surface area contributed by atoms with Crippen LogP contribution in [0, 0.1) is 11.8 Å². The minimum Gasteiger partial charge on any atom is -0.481 e. The Labute approximate surface area is 125 Å². The molecule has 3 N–H and O–H groups in total. The molecule has 120 valence electrons. The molecule has 0 aromatic rings. The first-order valence-electron chi connectivity index (χ1n) is 7.51. The van der Waals surface area contributed by atoms with Crippen LogP contribution in [-0.2, 0) is 9.59 Å². The summed E-state index contributed by atoms with van der Waals surface area (Å²) in [7, 11) is 0. The van der Waals surface area contributed by atoms with Crippen LogP contribution in [-0.4, -0.2) is 54.1 Å². The molecule has 7 heteroatoms. The fourth-order valence-electron chi connectivity index (χ4n) is 2.74. The van der Waals surface area contributed by atoms with E-state index < -0.39 is 12.0 Å². The number of carbonyl (C=O) groups excluding carboxylic acids is 2. The molecule has 2 atom stereocenters. The molecule has 0 bridgehead atoms. The minimum atomic E-state index is -0.795. The van der Waals surface area contributed by atoms with Crippen molar-refractivity contribution in [1.29, 1.82) is 0 Å². The van der Waals surface area contributed by atoms with Crippen molar-refractivity contribution in [3.63, 3.8) is 0 Å². The predicted molar refractivity (Wildman–Crippen MR) is 77.8 cm³/mol. The average molecular weight is 299 g/mol. The molecular formula is C14H25N3O4. The Kier molecular flexibility index (Phi) is 6.98. The Hall–Kier alpha value is -1.79. The maximum Gasteiger partial charge on any atom is 0.315 e. The topological polar surface area (TPSA) is 98.7 Å². The van der Waals surface area contributed by atoms with Crippen LogP contribution >= 0.6 is 0 Å². The van der Waals surface area contributed by atoms with Gasteiger partial charge in [-0.2, -0.15) is 0 Å². The molecule has 1 fully saturated rings. The molecular weight excluding hydrogens is 274 g/mol. The van der Waals surface area contributed by atoms with Gasteiger partial charge in [-0.05, 0) is 32.6 Å². The van der Waals surface area contributed by atoms with Crippen molar-refractivity contribution < 1.29 is 19.5 Å². The summed E-state index contributed by atoms with van der Waals surface area (Å²) in [4.78, 5) is 36.0.